The molecule has 0 aliphatic heterocycles. The summed E-state index contributed by atoms with van der Waals surface area (Å²) in [6, 6.07) is 0. The Morgan fingerprint density at radius 1 is 1.25 bits per heavy atom. The lowest BCUT2D eigenvalue weighted by molar-refractivity contribution is -0.148. The summed E-state index contributed by atoms with van der Waals surface area (Å²) in [5, 5.41) is 16.4. The van der Waals surface area contributed by atoms with Gasteiger partial charge in [0.25, 0.3) is 5.97 Å². The van der Waals surface area contributed by atoms with E-state index in [0.717, 1.165) is 26.2 Å². The van der Waals surface area contributed by atoms with Gasteiger partial charge >= 0.3 is 5.97 Å². The van der Waals surface area contributed by atoms with Crippen LogP contribution in [0, 0.1) is 11.3 Å². The van der Waals surface area contributed by atoms with Crippen LogP contribution in [0.15, 0.2) is 0 Å². The summed E-state index contributed by atoms with van der Waals surface area (Å²) < 4.78 is 0. The van der Waals surface area contributed by atoms with Crippen LogP contribution in [0.25, 0.3) is 0 Å². The predicted octanol–water partition coefficient (Wildman–Crippen LogP) is 3.01. The number of carbonyl (C=O) groups is 2. The van der Waals surface area contributed by atoms with Gasteiger partial charge in [-0.3, -0.25) is 9.59 Å². The van der Waals surface area contributed by atoms with Crippen molar-refractivity contribution >= 4 is 11.9 Å². The first kappa shape index (κ1) is 17.3. The van der Waals surface area contributed by atoms with Gasteiger partial charge in [0.2, 0.25) is 0 Å². The van der Waals surface area contributed by atoms with E-state index in [4.69, 9.17) is 15.0 Å². The summed E-state index contributed by atoms with van der Waals surface area (Å²) in [6.07, 6.45) is 2.50. The first-order valence-corrected chi connectivity index (χ1v) is 5.58. The lowest BCUT2D eigenvalue weighted by Crippen LogP contribution is -2.26. The first-order chi connectivity index (χ1) is 7.15. The summed E-state index contributed by atoms with van der Waals surface area (Å²) in [4.78, 5) is 19.9. The normalized spacial score (nSPS) is 13.6. The molecule has 0 aromatic carbocycles. The van der Waals surface area contributed by atoms with Crippen LogP contribution in [0.2, 0.25) is 0 Å². The van der Waals surface area contributed by atoms with Gasteiger partial charge in [0.05, 0.1) is 5.41 Å². The fourth-order valence-electron chi connectivity index (χ4n) is 1.04. The van der Waals surface area contributed by atoms with Crippen molar-refractivity contribution in [2.24, 2.45) is 11.3 Å². The van der Waals surface area contributed by atoms with Crippen LogP contribution in [-0.4, -0.2) is 22.2 Å². The van der Waals surface area contributed by atoms with Gasteiger partial charge in [-0.25, -0.2) is 0 Å². The molecule has 4 heteroatoms. The Labute approximate surface area is 97.7 Å². The van der Waals surface area contributed by atoms with Gasteiger partial charge in [0.15, 0.2) is 0 Å². The van der Waals surface area contributed by atoms with Crippen molar-refractivity contribution in [2.75, 3.05) is 0 Å². The maximum absolute atomic E-state index is 10.9. The number of carboxylic acid groups (broad SMARTS) is 2. The summed E-state index contributed by atoms with van der Waals surface area (Å²) in [5.41, 5.74) is -0.510. The van der Waals surface area contributed by atoms with Gasteiger partial charge in [-0.15, -0.1) is 0 Å². The number of aliphatic carboxylic acids is 2. The van der Waals surface area contributed by atoms with Crippen LogP contribution in [-0.2, 0) is 9.59 Å². The Hall–Kier alpha value is -1.06. The van der Waals surface area contributed by atoms with Crippen molar-refractivity contribution in [3.8, 4) is 0 Å². The van der Waals surface area contributed by atoms with E-state index in [1.54, 1.807) is 0 Å². The van der Waals surface area contributed by atoms with Gasteiger partial charge in [-0.1, -0.05) is 20.8 Å². The highest BCUT2D eigenvalue weighted by Gasteiger charge is 2.30. The predicted molar refractivity (Wildman–Crippen MR) is 63.4 cm³/mol. The quantitative estimate of drug-likeness (QED) is 0.764. The third-order valence-electron chi connectivity index (χ3n) is 2.57. The minimum atomic E-state index is -0.833. The zero-order valence-corrected chi connectivity index (χ0v) is 10.9. The van der Waals surface area contributed by atoms with Crippen LogP contribution in [0.5, 0.6) is 0 Å². The smallest absolute Gasteiger partial charge is 0.309 e. The third-order valence-corrected chi connectivity index (χ3v) is 2.57. The standard InChI is InChI=1S/C10H20O2.C2H4O2/c1-5-10(4,9(11)12)7-6-8(2)3;1-2(3)4/h8H,5-7H2,1-4H3,(H,11,12);1H3,(H,3,4). The maximum Gasteiger partial charge on any atom is 0.309 e. The molecule has 0 aliphatic rings. The van der Waals surface area contributed by atoms with Crippen LogP contribution in [0.4, 0.5) is 0 Å². The number of carboxylic acids is 2. The van der Waals surface area contributed by atoms with Crippen molar-refractivity contribution in [1.29, 1.82) is 0 Å². The Bertz CT molecular complexity index is 219. The molecule has 96 valence electrons. The zero-order valence-electron chi connectivity index (χ0n) is 10.9. The molecule has 1 atom stereocenters. The van der Waals surface area contributed by atoms with E-state index >= 15 is 0 Å². The van der Waals surface area contributed by atoms with Gasteiger partial charge in [0.1, 0.15) is 0 Å². The first-order valence-electron chi connectivity index (χ1n) is 5.58. The minimum absolute atomic E-state index is 0.510. The highest BCUT2D eigenvalue weighted by atomic mass is 16.4. The highest BCUT2D eigenvalue weighted by molar-refractivity contribution is 5.73. The second-order valence-electron chi connectivity index (χ2n) is 4.67. The second-order valence-corrected chi connectivity index (χ2v) is 4.67. The van der Waals surface area contributed by atoms with E-state index in [-0.39, 0.29) is 0 Å². The molecular formula is C12H24O4. The van der Waals surface area contributed by atoms with E-state index in [2.05, 4.69) is 13.8 Å². The second kappa shape index (κ2) is 8.13. The average molecular weight is 232 g/mol. The molecule has 0 bridgehead atoms. The van der Waals surface area contributed by atoms with Gasteiger partial charge in [-0.2, -0.15) is 0 Å². The lowest BCUT2D eigenvalue weighted by atomic mass is 9.81. The molecule has 4 nitrogen and oxygen atoms in total. The van der Waals surface area contributed by atoms with Crippen LogP contribution >= 0.6 is 0 Å². The minimum Gasteiger partial charge on any atom is -0.481 e. The molecule has 1 unspecified atom stereocenters. The fourth-order valence-corrected chi connectivity index (χ4v) is 1.04. The van der Waals surface area contributed by atoms with E-state index in [1.165, 1.54) is 0 Å². The van der Waals surface area contributed by atoms with Crippen molar-refractivity contribution in [3.63, 3.8) is 0 Å². The zero-order chi connectivity index (χ0) is 13.4. The van der Waals surface area contributed by atoms with Gasteiger partial charge in [0, 0.05) is 6.92 Å². The number of hydrogen-bond donors (Lipinski definition) is 2. The Morgan fingerprint density at radius 3 is 1.81 bits per heavy atom. The topological polar surface area (TPSA) is 74.6 Å². The molecule has 0 aliphatic carbocycles. The largest absolute Gasteiger partial charge is 0.481 e. The molecule has 0 saturated heterocycles. The summed E-state index contributed by atoms with van der Waals surface area (Å²) in [5.74, 6) is -0.902. The van der Waals surface area contributed by atoms with Crippen LogP contribution in [0.1, 0.15) is 53.9 Å². The Kier molecular flexibility index (Phi) is 8.81. The Morgan fingerprint density at radius 2 is 1.62 bits per heavy atom. The summed E-state index contributed by atoms with van der Waals surface area (Å²) in [7, 11) is 0. The third kappa shape index (κ3) is 9.49. The average Bonchev–Trinajstić information content (AvgIpc) is 2.13. The molecule has 0 radical (unpaired) electrons. The van der Waals surface area contributed by atoms with E-state index < -0.39 is 17.4 Å². The SMILES string of the molecule is CC(=O)O.CCC(C)(CCC(C)C)C(=O)O. The van der Waals surface area contributed by atoms with Crippen molar-refractivity contribution in [1.82, 2.24) is 0 Å². The monoisotopic (exact) mass is 232 g/mol. The number of rotatable bonds is 5. The van der Waals surface area contributed by atoms with Crippen molar-refractivity contribution in [3.05, 3.63) is 0 Å². The summed E-state index contributed by atoms with van der Waals surface area (Å²) >= 11 is 0. The molecule has 0 amide bonds. The molecule has 2 N–H and O–H groups in total. The van der Waals surface area contributed by atoms with E-state index in [9.17, 15) is 4.79 Å². The molecule has 0 heterocycles. The molecule has 0 aromatic rings. The molecular weight excluding hydrogens is 208 g/mol. The molecule has 0 saturated carbocycles. The van der Waals surface area contributed by atoms with Crippen LogP contribution in [0.3, 0.4) is 0 Å². The van der Waals surface area contributed by atoms with Crippen molar-refractivity contribution in [2.45, 2.75) is 53.9 Å². The van der Waals surface area contributed by atoms with E-state index in [0.29, 0.717) is 5.92 Å². The molecule has 0 rings (SSSR count). The molecule has 16 heavy (non-hydrogen) atoms. The van der Waals surface area contributed by atoms with Gasteiger partial charge < -0.3 is 10.2 Å². The molecule has 0 fully saturated rings. The summed E-state index contributed by atoms with van der Waals surface area (Å²) in [6.45, 7) is 9.10. The highest BCUT2D eigenvalue weighted by Crippen LogP contribution is 2.29. The maximum atomic E-state index is 10.9. The molecule has 0 aromatic heterocycles. The van der Waals surface area contributed by atoms with Crippen molar-refractivity contribution < 1.29 is 19.8 Å². The molecule has 0 spiro atoms. The number of hydrogen-bond acceptors (Lipinski definition) is 2. The van der Waals surface area contributed by atoms with Gasteiger partial charge in [-0.05, 0) is 32.1 Å². The lowest BCUT2D eigenvalue weighted by Gasteiger charge is -2.23. The van der Waals surface area contributed by atoms with E-state index in [1.807, 2.05) is 13.8 Å². The Balaban J connectivity index is 0. The fraction of sp³-hybridized carbons (Fsp3) is 0.833. The van der Waals surface area contributed by atoms with Crippen LogP contribution < -0.4 is 0 Å².